The van der Waals surface area contributed by atoms with Crippen molar-refractivity contribution >= 4 is 84.7 Å². The van der Waals surface area contributed by atoms with Crippen LogP contribution in [0.15, 0.2) is 91.5 Å². The van der Waals surface area contributed by atoms with E-state index in [0.29, 0.717) is 25.2 Å². The van der Waals surface area contributed by atoms with Crippen LogP contribution in [0.2, 0.25) is 10.0 Å². The molecule has 0 bridgehead atoms. The lowest BCUT2D eigenvalue weighted by molar-refractivity contribution is 0.0699. The molecule has 12 heteroatoms. The predicted octanol–water partition coefficient (Wildman–Crippen LogP) is 7.35. The highest BCUT2D eigenvalue weighted by Crippen LogP contribution is 2.33. The van der Waals surface area contributed by atoms with Gasteiger partial charge in [-0.15, -0.1) is 0 Å². The number of esters is 1. The molecular weight excluding hydrogens is 665 g/mol. The fourth-order valence-electron chi connectivity index (χ4n) is 3.16. The minimum atomic E-state index is -0.699. The van der Waals surface area contributed by atoms with Crippen molar-refractivity contribution in [3.8, 4) is 5.75 Å². The third-order valence-electron chi connectivity index (χ3n) is 4.88. The first-order valence-electron chi connectivity index (χ1n) is 10.7. The minimum absolute atomic E-state index is 0.0290. The number of carbonyl (C=O) groups excluding carboxylic acids is 3. The number of hydrazone groups is 1. The summed E-state index contributed by atoms with van der Waals surface area (Å²) in [5, 5.41) is 7.29. The van der Waals surface area contributed by atoms with E-state index >= 15 is 0 Å². The van der Waals surface area contributed by atoms with Gasteiger partial charge in [0.15, 0.2) is 5.75 Å². The monoisotopic (exact) mass is 677 g/mol. The lowest BCUT2D eigenvalue weighted by Crippen LogP contribution is -2.18. The quantitative estimate of drug-likeness (QED) is 0.0919. The number of hydrogen-bond donors (Lipinski definition) is 2. The van der Waals surface area contributed by atoms with Gasteiger partial charge in [0.25, 0.3) is 11.8 Å². The summed E-state index contributed by atoms with van der Waals surface area (Å²) in [6.07, 6.45) is 2.69. The summed E-state index contributed by atoms with van der Waals surface area (Å²) in [6, 6.07) is 17.2. The van der Waals surface area contributed by atoms with Crippen LogP contribution in [-0.4, -0.2) is 24.0 Å². The summed E-state index contributed by atoms with van der Waals surface area (Å²) < 4.78 is 11.7. The van der Waals surface area contributed by atoms with E-state index in [2.05, 4.69) is 47.7 Å². The van der Waals surface area contributed by atoms with E-state index in [-0.39, 0.29) is 27.7 Å². The van der Waals surface area contributed by atoms with Gasteiger partial charge >= 0.3 is 5.97 Å². The first-order chi connectivity index (χ1) is 18.2. The highest BCUT2D eigenvalue weighted by Gasteiger charge is 2.17. The van der Waals surface area contributed by atoms with Crippen molar-refractivity contribution in [2.75, 3.05) is 5.32 Å². The Morgan fingerprint density at radius 1 is 0.947 bits per heavy atom. The van der Waals surface area contributed by atoms with Crippen LogP contribution < -0.4 is 15.5 Å². The molecule has 0 saturated heterocycles. The van der Waals surface area contributed by atoms with Gasteiger partial charge in [-0.25, -0.2) is 10.2 Å². The molecule has 0 fully saturated rings. The average Bonchev–Trinajstić information content (AvgIpc) is 3.41. The number of anilines is 1. The number of hydrogen-bond acceptors (Lipinski definition) is 6. The van der Waals surface area contributed by atoms with Gasteiger partial charge in [0.1, 0.15) is 0 Å². The van der Waals surface area contributed by atoms with Crippen molar-refractivity contribution in [2.45, 2.75) is 0 Å². The van der Waals surface area contributed by atoms with Crippen LogP contribution in [-0.2, 0) is 0 Å². The lowest BCUT2D eigenvalue weighted by atomic mass is 10.1. The summed E-state index contributed by atoms with van der Waals surface area (Å²) in [6.45, 7) is 0. The second-order valence-corrected chi connectivity index (χ2v) is 10.1. The predicted molar refractivity (Wildman–Crippen MR) is 151 cm³/mol. The molecule has 8 nitrogen and oxygen atoms in total. The molecule has 0 aliphatic heterocycles. The number of benzene rings is 3. The molecule has 38 heavy (non-hydrogen) atoms. The number of halogens is 4. The zero-order chi connectivity index (χ0) is 27.2. The molecule has 3 aromatic carbocycles. The number of nitrogens with zero attached hydrogens (tertiary/aromatic N) is 1. The fourth-order valence-corrected chi connectivity index (χ4v) is 4.99. The second kappa shape index (κ2) is 12.4. The second-order valence-electron chi connectivity index (χ2n) is 7.53. The maximum Gasteiger partial charge on any atom is 0.379 e. The first-order valence-corrected chi connectivity index (χ1v) is 13.0. The van der Waals surface area contributed by atoms with Crippen molar-refractivity contribution in [3.63, 3.8) is 0 Å². The Labute approximate surface area is 243 Å². The summed E-state index contributed by atoms with van der Waals surface area (Å²) in [5.74, 6) is -1.49. The summed E-state index contributed by atoms with van der Waals surface area (Å²) in [7, 11) is 0. The zero-order valence-corrected chi connectivity index (χ0v) is 23.7. The molecule has 0 saturated carbocycles. The number of amides is 2. The zero-order valence-electron chi connectivity index (χ0n) is 19.0. The van der Waals surface area contributed by atoms with Crippen molar-refractivity contribution in [3.05, 3.63) is 114 Å². The number of ether oxygens (including phenoxy) is 1. The molecule has 4 rings (SSSR count). The molecular formula is C26H15Br2Cl2N3O5. The minimum Gasteiger partial charge on any atom is -0.457 e. The molecule has 2 amide bonds. The molecule has 192 valence electrons. The van der Waals surface area contributed by atoms with Gasteiger partial charge in [-0.05, 0) is 76.6 Å². The smallest absolute Gasteiger partial charge is 0.379 e. The van der Waals surface area contributed by atoms with E-state index in [1.165, 1.54) is 36.7 Å². The van der Waals surface area contributed by atoms with Crippen LogP contribution >= 0.6 is 55.1 Å². The maximum absolute atomic E-state index is 12.7. The van der Waals surface area contributed by atoms with Crippen molar-refractivity contribution in [2.24, 2.45) is 5.10 Å². The van der Waals surface area contributed by atoms with Gasteiger partial charge in [0.2, 0.25) is 5.76 Å². The Morgan fingerprint density at radius 2 is 1.76 bits per heavy atom. The molecule has 1 heterocycles. The fraction of sp³-hybridized carbons (Fsp3) is 0. The lowest BCUT2D eigenvalue weighted by Gasteiger charge is -2.10. The van der Waals surface area contributed by atoms with Crippen molar-refractivity contribution < 1.29 is 23.5 Å². The largest absolute Gasteiger partial charge is 0.457 e. The molecule has 0 aliphatic rings. The Kier molecular flexibility index (Phi) is 9.01. The van der Waals surface area contributed by atoms with Crippen LogP contribution in [0.4, 0.5) is 5.69 Å². The number of furan rings is 1. The van der Waals surface area contributed by atoms with Crippen LogP contribution in [0.3, 0.4) is 0 Å². The number of rotatable bonds is 7. The van der Waals surface area contributed by atoms with Crippen molar-refractivity contribution in [1.29, 1.82) is 0 Å². The van der Waals surface area contributed by atoms with Gasteiger partial charge in [-0.1, -0.05) is 45.2 Å². The highest BCUT2D eigenvalue weighted by molar-refractivity contribution is 9.11. The Morgan fingerprint density at radius 3 is 2.50 bits per heavy atom. The molecule has 0 unspecified atom stereocenters. The van der Waals surface area contributed by atoms with E-state index in [0.717, 1.165) is 0 Å². The van der Waals surface area contributed by atoms with Gasteiger partial charge in [-0.3, -0.25) is 9.59 Å². The Bertz CT molecular complexity index is 1560. The van der Waals surface area contributed by atoms with Crippen LogP contribution in [0.1, 0.15) is 36.8 Å². The van der Waals surface area contributed by atoms with Crippen molar-refractivity contribution in [1.82, 2.24) is 5.43 Å². The standard InChI is InChI=1S/C26H15Br2Cl2N3O5/c27-16-9-15(23(20(28)11-16)38-26(36)22-5-2-8-37-22)13-31-33-24(34)14-3-1-4-18(10-14)32-25(35)19-7-6-17(29)12-21(19)30/h1-13H,(H,32,35)(H,33,34). The SMILES string of the molecule is O=C(NN=Cc1cc(Br)cc(Br)c1OC(=O)c1ccco1)c1cccc(NC(=O)c2ccc(Cl)cc2Cl)c1. The van der Waals surface area contributed by atoms with Gasteiger partial charge in [-0.2, -0.15) is 5.10 Å². The van der Waals surface area contributed by atoms with Crippen LogP contribution in [0.25, 0.3) is 0 Å². The van der Waals surface area contributed by atoms with Gasteiger partial charge < -0.3 is 14.5 Å². The molecule has 0 atom stereocenters. The van der Waals surface area contributed by atoms with E-state index < -0.39 is 17.8 Å². The third-order valence-corrected chi connectivity index (χ3v) is 6.48. The van der Waals surface area contributed by atoms with E-state index in [1.54, 1.807) is 42.5 Å². The van der Waals surface area contributed by atoms with Crippen LogP contribution in [0.5, 0.6) is 5.75 Å². The topological polar surface area (TPSA) is 110 Å². The molecule has 0 radical (unpaired) electrons. The number of nitrogens with one attached hydrogen (secondary N) is 2. The molecule has 0 spiro atoms. The Hall–Kier alpha value is -3.44. The summed E-state index contributed by atoms with van der Waals surface area (Å²) >= 11 is 18.7. The van der Waals surface area contributed by atoms with Crippen LogP contribution in [0, 0.1) is 0 Å². The Balaban J connectivity index is 1.46. The number of carbonyl (C=O) groups is 3. The maximum atomic E-state index is 12.7. The first kappa shape index (κ1) is 27.6. The van der Waals surface area contributed by atoms with E-state index in [4.69, 9.17) is 32.4 Å². The molecule has 0 aliphatic carbocycles. The van der Waals surface area contributed by atoms with Gasteiger partial charge in [0, 0.05) is 26.3 Å². The summed E-state index contributed by atoms with van der Waals surface area (Å²) in [4.78, 5) is 37.6. The molecule has 2 N–H and O–H groups in total. The van der Waals surface area contributed by atoms with E-state index in [9.17, 15) is 14.4 Å². The molecule has 1 aromatic heterocycles. The highest BCUT2D eigenvalue weighted by atomic mass is 79.9. The normalized spacial score (nSPS) is 10.8. The average molecular weight is 680 g/mol. The molecule has 4 aromatic rings. The summed E-state index contributed by atoms with van der Waals surface area (Å²) in [5.41, 5.74) is 3.66. The van der Waals surface area contributed by atoms with Gasteiger partial charge in [0.05, 0.1) is 27.5 Å². The van der Waals surface area contributed by atoms with E-state index in [1.807, 2.05) is 0 Å². The third kappa shape index (κ3) is 6.90.